The summed E-state index contributed by atoms with van der Waals surface area (Å²) in [4.78, 5) is 4.25. The van der Waals surface area contributed by atoms with Gasteiger partial charge in [0.15, 0.2) is 0 Å². The molecule has 0 amide bonds. The van der Waals surface area contributed by atoms with E-state index < -0.39 is 0 Å². The summed E-state index contributed by atoms with van der Waals surface area (Å²) in [5.41, 5.74) is 2.06. The second-order valence-corrected chi connectivity index (χ2v) is 4.16. The molecule has 1 aliphatic carbocycles. The molecular formula is C10H20N2O. The Hall–Kier alpha value is -0.570. The lowest BCUT2D eigenvalue weighted by Gasteiger charge is -2.24. The highest BCUT2D eigenvalue weighted by molar-refractivity contribution is 5.78. The molecular weight excluding hydrogens is 164 g/mol. The minimum absolute atomic E-state index is 0.624. The molecule has 0 aliphatic heterocycles. The third kappa shape index (κ3) is 3.77. The summed E-state index contributed by atoms with van der Waals surface area (Å²) in [6.07, 6.45) is 5.27. The van der Waals surface area contributed by atoms with Crippen molar-refractivity contribution in [3.63, 3.8) is 0 Å². The monoisotopic (exact) mass is 184 g/mol. The third-order valence-electron chi connectivity index (χ3n) is 2.88. The summed E-state index contributed by atoms with van der Waals surface area (Å²) in [5.74, 6) is 2.26. The number of hydrogen-bond acceptors (Lipinski definition) is 2. The van der Waals surface area contributed by atoms with Crippen LogP contribution < -0.4 is 5.48 Å². The molecule has 0 atom stereocenters. The summed E-state index contributed by atoms with van der Waals surface area (Å²) in [6.45, 7) is 4.97. The van der Waals surface area contributed by atoms with Crippen LogP contribution >= 0.6 is 0 Å². The van der Waals surface area contributed by atoms with Crippen molar-refractivity contribution in [2.75, 3.05) is 6.54 Å². The van der Waals surface area contributed by atoms with Crippen LogP contribution in [0.2, 0.25) is 0 Å². The van der Waals surface area contributed by atoms with Gasteiger partial charge in [-0.15, -0.1) is 0 Å². The predicted octanol–water partition coefficient (Wildman–Crippen LogP) is 2.21. The SMILES string of the molecule is CC(=NCC1CCC(C)CC1)NO. The van der Waals surface area contributed by atoms with Gasteiger partial charge in [-0.05, 0) is 31.6 Å². The molecule has 2 N–H and O–H groups in total. The van der Waals surface area contributed by atoms with Gasteiger partial charge in [0.05, 0.1) is 0 Å². The van der Waals surface area contributed by atoms with Gasteiger partial charge in [-0.2, -0.15) is 0 Å². The van der Waals surface area contributed by atoms with Crippen LogP contribution in [0.5, 0.6) is 0 Å². The summed E-state index contributed by atoms with van der Waals surface area (Å²) in [6, 6.07) is 0. The zero-order valence-corrected chi connectivity index (χ0v) is 8.58. The van der Waals surface area contributed by atoms with E-state index in [4.69, 9.17) is 5.21 Å². The van der Waals surface area contributed by atoms with Crippen molar-refractivity contribution in [2.24, 2.45) is 16.8 Å². The first-order chi connectivity index (χ1) is 6.22. The highest BCUT2D eigenvalue weighted by atomic mass is 16.5. The summed E-state index contributed by atoms with van der Waals surface area (Å²) in [5, 5.41) is 8.53. The number of hydrogen-bond donors (Lipinski definition) is 2. The van der Waals surface area contributed by atoms with E-state index in [-0.39, 0.29) is 0 Å². The average molecular weight is 184 g/mol. The van der Waals surface area contributed by atoms with Crippen molar-refractivity contribution in [1.29, 1.82) is 0 Å². The quantitative estimate of drug-likeness (QED) is 0.392. The predicted molar refractivity (Wildman–Crippen MR) is 54.0 cm³/mol. The van der Waals surface area contributed by atoms with Crippen LogP contribution in [-0.4, -0.2) is 17.6 Å². The zero-order chi connectivity index (χ0) is 9.68. The maximum atomic E-state index is 8.53. The normalized spacial score (nSPS) is 30.2. The molecule has 1 rings (SSSR count). The molecule has 0 aromatic heterocycles. The fourth-order valence-electron chi connectivity index (χ4n) is 1.81. The van der Waals surface area contributed by atoms with Crippen molar-refractivity contribution in [2.45, 2.75) is 39.5 Å². The van der Waals surface area contributed by atoms with Gasteiger partial charge in [-0.1, -0.05) is 19.8 Å². The number of rotatable bonds is 2. The van der Waals surface area contributed by atoms with Gasteiger partial charge in [0.1, 0.15) is 5.84 Å². The Morgan fingerprint density at radius 2 is 2.00 bits per heavy atom. The largest absolute Gasteiger partial charge is 0.290 e. The van der Waals surface area contributed by atoms with E-state index >= 15 is 0 Å². The average Bonchev–Trinajstić information content (AvgIpc) is 2.16. The van der Waals surface area contributed by atoms with Crippen molar-refractivity contribution < 1.29 is 5.21 Å². The van der Waals surface area contributed by atoms with Gasteiger partial charge in [0, 0.05) is 6.54 Å². The van der Waals surface area contributed by atoms with Crippen molar-refractivity contribution >= 4 is 5.84 Å². The Morgan fingerprint density at radius 3 is 2.54 bits per heavy atom. The molecule has 0 heterocycles. The Labute approximate surface area is 80.2 Å². The molecule has 1 saturated carbocycles. The van der Waals surface area contributed by atoms with E-state index in [1.165, 1.54) is 25.7 Å². The molecule has 1 aliphatic rings. The van der Waals surface area contributed by atoms with Crippen LogP contribution in [0.3, 0.4) is 0 Å². The van der Waals surface area contributed by atoms with Crippen LogP contribution in [0.15, 0.2) is 4.99 Å². The van der Waals surface area contributed by atoms with Gasteiger partial charge in [-0.25, -0.2) is 0 Å². The maximum absolute atomic E-state index is 8.53. The highest BCUT2D eigenvalue weighted by Gasteiger charge is 2.17. The molecule has 0 spiro atoms. The first kappa shape index (κ1) is 10.5. The van der Waals surface area contributed by atoms with Gasteiger partial charge in [0.25, 0.3) is 0 Å². The molecule has 0 aromatic carbocycles. The molecule has 0 radical (unpaired) electrons. The van der Waals surface area contributed by atoms with Crippen molar-refractivity contribution in [3.05, 3.63) is 0 Å². The molecule has 13 heavy (non-hydrogen) atoms. The smallest absolute Gasteiger partial charge is 0.117 e. The molecule has 3 heteroatoms. The van der Waals surface area contributed by atoms with Crippen LogP contribution in [0.4, 0.5) is 0 Å². The second kappa shape index (κ2) is 5.22. The number of amidine groups is 1. The Bertz CT molecular complexity index is 172. The number of nitrogens with zero attached hydrogens (tertiary/aromatic N) is 1. The van der Waals surface area contributed by atoms with Crippen LogP contribution in [-0.2, 0) is 0 Å². The van der Waals surface area contributed by atoms with Gasteiger partial charge >= 0.3 is 0 Å². The lowest BCUT2D eigenvalue weighted by molar-refractivity contribution is 0.232. The minimum atomic E-state index is 0.624. The standard InChI is InChI=1S/C10H20N2O/c1-8-3-5-10(6-4-8)7-11-9(2)12-13/h8,10,13H,3-7H2,1-2H3,(H,11,12). The molecule has 0 aromatic rings. The fraction of sp³-hybridized carbons (Fsp3) is 0.900. The van der Waals surface area contributed by atoms with Gasteiger partial charge in [-0.3, -0.25) is 15.7 Å². The van der Waals surface area contributed by atoms with Gasteiger partial charge < -0.3 is 0 Å². The van der Waals surface area contributed by atoms with E-state index in [9.17, 15) is 0 Å². The first-order valence-corrected chi connectivity index (χ1v) is 5.13. The summed E-state index contributed by atoms with van der Waals surface area (Å²) in [7, 11) is 0. The molecule has 76 valence electrons. The van der Waals surface area contributed by atoms with Gasteiger partial charge in [0.2, 0.25) is 0 Å². The first-order valence-electron chi connectivity index (χ1n) is 5.13. The number of hydroxylamine groups is 1. The lowest BCUT2D eigenvalue weighted by atomic mass is 9.83. The highest BCUT2D eigenvalue weighted by Crippen LogP contribution is 2.28. The fourth-order valence-corrected chi connectivity index (χ4v) is 1.81. The van der Waals surface area contributed by atoms with E-state index in [1.807, 2.05) is 0 Å². The summed E-state index contributed by atoms with van der Waals surface area (Å²) >= 11 is 0. The van der Waals surface area contributed by atoms with E-state index in [0.717, 1.165) is 18.4 Å². The van der Waals surface area contributed by atoms with E-state index in [0.29, 0.717) is 5.84 Å². The molecule has 0 saturated heterocycles. The van der Waals surface area contributed by atoms with E-state index in [2.05, 4.69) is 17.4 Å². The van der Waals surface area contributed by atoms with E-state index in [1.54, 1.807) is 6.92 Å². The van der Waals surface area contributed by atoms with Crippen molar-refractivity contribution in [1.82, 2.24) is 5.48 Å². The Morgan fingerprint density at radius 1 is 1.38 bits per heavy atom. The second-order valence-electron chi connectivity index (χ2n) is 4.16. The molecule has 0 bridgehead atoms. The molecule has 1 fully saturated rings. The van der Waals surface area contributed by atoms with Crippen LogP contribution in [0.1, 0.15) is 39.5 Å². The maximum Gasteiger partial charge on any atom is 0.117 e. The van der Waals surface area contributed by atoms with Crippen molar-refractivity contribution in [3.8, 4) is 0 Å². The summed E-state index contributed by atoms with van der Waals surface area (Å²) < 4.78 is 0. The number of aliphatic imine (C=N–C) groups is 1. The van der Waals surface area contributed by atoms with Crippen LogP contribution in [0.25, 0.3) is 0 Å². The van der Waals surface area contributed by atoms with Crippen LogP contribution in [0, 0.1) is 11.8 Å². The molecule has 0 unspecified atom stereocenters. The minimum Gasteiger partial charge on any atom is -0.290 e. The lowest BCUT2D eigenvalue weighted by Crippen LogP contribution is -2.19. The zero-order valence-electron chi connectivity index (χ0n) is 8.58. The third-order valence-corrected chi connectivity index (χ3v) is 2.88. The Kier molecular flexibility index (Phi) is 4.22. The molecule has 3 nitrogen and oxygen atoms in total. The number of nitrogens with one attached hydrogen (secondary N) is 1. The topological polar surface area (TPSA) is 44.6 Å². The Balaban J connectivity index is 2.23.